The molecular formula is C17H15N3O. The molecule has 4 rings (SSSR count). The van der Waals surface area contributed by atoms with Gasteiger partial charge in [0.1, 0.15) is 6.04 Å². The predicted molar refractivity (Wildman–Crippen MR) is 81.0 cm³/mol. The number of nitrogens with zero attached hydrogens (tertiary/aromatic N) is 2. The zero-order valence-corrected chi connectivity index (χ0v) is 11.7. The lowest BCUT2D eigenvalue weighted by molar-refractivity contribution is 0.364. The number of nitrogens with one attached hydrogen (secondary N) is 1. The van der Waals surface area contributed by atoms with Crippen LogP contribution >= 0.6 is 0 Å². The first-order valence-corrected chi connectivity index (χ1v) is 7.05. The van der Waals surface area contributed by atoms with Crippen molar-refractivity contribution in [2.45, 2.75) is 19.4 Å². The SMILES string of the molecule is Cc1ccccc1-c1noc(C2Cc3ccccc3N2)n1. The summed E-state index contributed by atoms with van der Waals surface area (Å²) in [5.41, 5.74) is 4.60. The predicted octanol–water partition coefficient (Wildman–Crippen LogP) is 3.75. The molecule has 1 aromatic heterocycles. The number of rotatable bonds is 2. The van der Waals surface area contributed by atoms with E-state index in [4.69, 9.17) is 4.52 Å². The molecule has 0 saturated carbocycles. The van der Waals surface area contributed by atoms with Crippen molar-refractivity contribution in [1.82, 2.24) is 10.1 Å². The Labute approximate surface area is 122 Å². The Morgan fingerprint density at radius 1 is 1.10 bits per heavy atom. The van der Waals surface area contributed by atoms with Crippen molar-refractivity contribution in [1.29, 1.82) is 0 Å². The Balaban J connectivity index is 1.63. The molecule has 0 aliphatic carbocycles. The molecule has 0 bridgehead atoms. The Morgan fingerprint density at radius 3 is 2.76 bits per heavy atom. The Bertz CT molecular complexity index is 769. The van der Waals surface area contributed by atoms with Crippen LogP contribution in [-0.4, -0.2) is 10.1 Å². The first-order valence-electron chi connectivity index (χ1n) is 7.05. The molecule has 2 heterocycles. The van der Waals surface area contributed by atoms with E-state index in [0.29, 0.717) is 11.7 Å². The summed E-state index contributed by atoms with van der Waals surface area (Å²) >= 11 is 0. The van der Waals surface area contributed by atoms with Crippen LogP contribution in [0.1, 0.15) is 23.1 Å². The molecule has 21 heavy (non-hydrogen) atoms. The number of fused-ring (bicyclic) bond motifs is 1. The topological polar surface area (TPSA) is 51.0 Å². The lowest BCUT2D eigenvalue weighted by Crippen LogP contribution is -2.05. The monoisotopic (exact) mass is 277 g/mol. The minimum absolute atomic E-state index is 0.0627. The number of aromatic nitrogens is 2. The van der Waals surface area contributed by atoms with Crippen LogP contribution in [0.15, 0.2) is 53.1 Å². The van der Waals surface area contributed by atoms with Gasteiger partial charge >= 0.3 is 0 Å². The molecule has 1 atom stereocenters. The Hall–Kier alpha value is -2.62. The number of para-hydroxylation sites is 1. The third kappa shape index (κ3) is 2.09. The third-order valence-corrected chi connectivity index (χ3v) is 3.90. The summed E-state index contributed by atoms with van der Waals surface area (Å²) in [5, 5.41) is 7.56. The maximum absolute atomic E-state index is 5.47. The van der Waals surface area contributed by atoms with Gasteiger partial charge in [-0.3, -0.25) is 0 Å². The van der Waals surface area contributed by atoms with E-state index in [-0.39, 0.29) is 6.04 Å². The molecule has 1 aliphatic rings. The van der Waals surface area contributed by atoms with Crippen molar-refractivity contribution in [2.75, 3.05) is 5.32 Å². The minimum Gasteiger partial charge on any atom is -0.373 e. The molecule has 1 unspecified atom stereocenters. The molecular weight excluding hydrogens is 262 g/mol. The second kappa shape index (κ2) is 4.74. The van der Waals surface area contributed by atoms with E-state index in [9.17, 15) is 0 Å². The number of benzene rings is 2. The molecule has 4 heteroatoms. The van der Waals surface area contributed by atoms with E-state index >= 15 is 0 Å². The summed E-state index contributed by atoms with van der Waals surface area (Å²) in [7, 11) is 0. The van der Waals surface area contributed by atoms with Crippen molar-refractivity contribution in [3.05, 3.63) is 65.5 Å². The lowest BCUT2D eigenvalue weighted by Gasteiger charge is -2.04. The average molecular weight is 277 g/mol. The molecule has 3 aromatic rings. The van der Waals surface area contributed by atoms with E-state index in [1.807, 2.05) is 24.3 Å². The fraction of sp³-hybridized carbons (Fsp3) is 0.176. The average Bonchev–Trinajstić information content (AvgIpc) is 3.14. The van der Waals surface area contributed by atoms with Gasteiger partial charge in [0.2, 0.25) is 11.7 Å². The van der Waals surface area contributed by atoms with E-state index in [0.717, 1.165) is 23.2 Å². The van der Waals surface area contributed by atoms with Crippen LogP contribution < -0.4 is 5.32 Å². The van der Waals surface area contributed by atoms with Gasteiger partial charge in [-0.2, -0.15) is 4.98 Å². The fourth-order valence-electron chi connectivity index (χ4n) is 2.76. The quantitative estimate of drug-likeness (QED) is 0.775. The van der Waals surface area contributed by atoms with Gasteiger partial charge in [-0.15, -0.1) is 0 Å². The highest BCUT2D eigenvalue weighted by molar-refractivity contribution is 5.60. The summed E-state index contributed by atoms with van der Waals surface area (Å²) in [6, 6.07) is 16.4. The lowest BCUT2D eigenvalue weighted by atomic mass is 10.1. The van der Waals surface area contributed by atoms with E-state index < -0.39 is 0 Å². The molecule has 104 valence electrons. The minimum atomic E-state index is 0.0627. The van der Waals surface area contributed by atoms with E-state index in [2.05, 4.69) is 46.6 Å². The smallest absolute Gasteiger partial charge is 0.249 e. The molecule has 0 saturated heterocycles. The van der Waals surface area contributed by atoms with Crippen LogP contribution in [0, 0.1) is 6.92 Å². The maximum Gasteiger partial charge on any atom is 0.249 e. The number of aryl methyl sites for hydroxylation is 1. The van der Waals surface area contributed by atoms with Gasteiger partial charge in [-0.25, -0.2) is 0 Å². The van der Waals surface area contributed by atoms with Gasteiger partial charge < -0.3 is 9.84 Å². The fourth-order valence-corrected chi connectivity index (χ4v) is 2.76. The van der Waals surface area contributed by atoms with Crippen LogP contribution in [0.25, 0.3) is 11.4 Å². The molecule has 1 aliphatic heterocycles. The summed E-state index contributed by atoms with van der Waals surface area (Å²) < 4.78 is 5.47. The highest BCUT2D eigenvalue weighted by Crippen LogP contribution is 2.33. The van der Waals surface area contributed by atoms with Crippen molar-refractivity contribution in [2.24, 2.45) is 0 Å². The Morgan fingerprint density at radius 2 is 1.90 bits per heavy atom. The zero-order valence-electron chi connectivity index (χ0n) is 11.7. The maximum atomic E-state index is 5.47. The second-order valence-corrected chi connectivity index (χ2v) is 5.33. The summed E-state index contributed by atoms with van der Waals surface area (Å²) in [6.07, 6.45) is 0.881. The largest absolute Gasteiger partial charge is 0.373 e. The van der Waals surface area contributed by atoms with Crippen LogP contribution in [0.3, 0.4) is 0 Å². The molecule has 2 aromatic carbocycles. The van der Waals surface area contributed by atoms with Gasteiger partial charge in [0.15, 0.2) is 0 Å². The standard InChI is InChI=1S/C17H15N3O/c1-11-6-2-4-8-13(11)16-19-17(21-20-16)15-10-12-7-3-5-9-14(12)18-15/h2-9,15,18H,10H2,1H3. The summed E-state index contributed by atoms with van der Waals surface area (Å²) in [6.45, 7) is 2.05. The van der Waals surface area contributed by atoms with Gasteiger partial charge in [0.05, 0.1) is 0 Å². The number of hydrogen-bond donors (Lipinski definition) is 1. The molecule has 0 radical (unpaired) electrons. The molecule has 4 nitrogen and oxygen atoms in total. The molecule has 0 amide bonds. The summed E-state index contributed by atoms with van der Waals surface area (Å²) in [4.78, 5) is 4.57. The van der Waals surface area contributed by atoms with Gasteiger partial charge in [-0.1, -0.05) is 47.6 Å². The van der Waals surface area contributed by atoms with Crippen LogP contribution in [0.2, 0.25) is 0 Å². The number of anilines is 1. The summed E-state index contributed by atoms with van der Waals surface area (Å²) in [5.74, 6) is 1.30. The van der Waals surface area contributed by atoms with Crippen LogP contribution in [0.5, 0.6) is 0 Å². The molecule has 0 fully saturated rings. The zero-order chi connectivity index (χ0) is 14.2. The van der Waals surface area contributed by atoms with Crippen molar-refractivity contribution < 1.29 is 4.52 Å². The molecule has 1 N–H and O–H groups in total. The second-order valence-electron chi connectivity index (χ2n) is 5.33. The van der Waals surface area contributed by atoms with E-state index in [1.165, 1.54) is 5.56 Å². The van der Waals surface area contributed by atoms with Gasteiger partial charge in [-0.05, 0) is 24.1 Å². The molecule has 0 spiro atoms. The Kier molecular flexibility index (Phi) is 2.74. The van der Waals surface area contributed by atoms with Gasteiger partial charge in [0, 0.05) is 17.7 Å². The van der Waals surface area contributed by atoms with Crippen LogP contribution in [0.4, 0.5) is 5.69 Å². The van der Waals surface area contributed by atoms with Crippen molar-refractivity contribution in [3.8, 4) is 11.4 Å². The van der Waals surface area contributed by atoms with Crippen LogP contribution in [-0.2, 0) is 6.42 Å². The van der Waals surface area contributed by atoms with Crippen molar-refractivity contribution >= 4 is 5.69 Å². The first kappa shape index (κ1) is 12.1. The first-order chi connectivity index (χ1) is 10.3. The van der Waals surface area contributed by atoms with Crippen molar-refractivity contribution in [3.63, 3.8) is 0 Å². The highest BCUT2D eigenvalue weighted by Gasteiger charge is 2.26. The normalized spacial score (nSPS) is 16.5. The third-order valence-electron chi connectivity index (χ3n) is 3.90. The number of hydrogen-bond acceptors (Lipinski definition) is 4. The van der Waals surface area contributed by atoms with E-state index in [1.54, 1.807) is 0 Å². The highest BCUT2D eigenvalue weighted by atomic mass is 16.5. The van der Waals surface area contributed by atoms with Gasteiger partial charge in [0.25, 0.3) is 0 Å².